The van der Waals surface area contributed by atoms with Crippen LogP contribution in [0, 0.1) is 58.7 Å². The first-order valence-electron chi connectivity index (χ1n) is 9.82. The minimum atomic E-state index is 0.181. The van der Waals surface area contributed by atoms with Crippen LogP contribution >= 0.6 is 0 Å². The van der Waals surface area contributed by atoms with Crippen molar-refractivity contribution in [2.75, 3.05) is 0 Å². The number of ether oxygens (including phenoxy) is 1. The summed E-state index contributed by atoms with van der Waals surface area (Å²) in [5.74, 6) is 7.62. The van der Waals surface area contributed by atoms with Crippen molar-refractivity contribution in [3.8, 4) is 0 Å². The summed E-state index contributed by atoms with van der Waals surface area (Å²) >= 11 is 0. The second-order valence-corrected chi connectivity index (χ2v) is 10.2. The molecular weight excluding hydrogens is 268 g/mol. The fourth-order valence-corrected chi connectivity index (χ4v) is 7.40. The monoisotopic (exact) mass is 304 g/mol. The summed E-state index contributed by atoms with van der Waals surface area (Å²) in [6.07, 6.45) is 2.02. The molecule has 12 atom stereocenters. The van der Waals surface area contributed by atoms with E-state index in [4.69, 9.17) is 4.74 Å². The lowest BCUT2D eigenvalue weighted by Crippen LogP contribution is -2.51. The Hall–Kier alpha value is -0.0400. The van der Waals surface area contributed by atoms with E-state index in [-0.39, 0.29) is 5.60 Å². The van der Waals surface area contributed by atoms with Crippen LogP contribution in [-0.2, 0) is 4.74 Å². The van der Waals surface area contributed by atoms with E-state index in [0.717, 1.165) is 47.3 Å². The highest BCUT2D eigenvalue weighted by Gasteiger charge is 2.70. The van der Waals surface area contributed by atoms with Crippen molar-refractivity contribution >= 4 is 0 Å². The molecule has 1 aliphatic heterocycles. The second-order valence-electron chi connectivity index (χ2n) is 10.2. The predicted octanol–water partition coefficient (Wildman–Crippen LogP) is 5.25. The molecule has 3 aliphatic carbocycles. The normalized spacial score (nSPS) is 69.8. The maximum absolute atomic E-state index is 6.24. The summed E-state index contributed by atoms with van der Waals surface area (Å²) in [5, 5.41) is 0. The number of rotatable bonds is 1. The lowest BCUT2D eigenvalue weighted by molar-refractivity contribution is -0.0461. The van der Waals surface area contributed by atoms with Crippen LogP contribution in [0.5, 0.6) is 0 Å². The summed E-state index contributed by atoms with van der Waals surface area (Å²) in [4.78, 5) is 0. The first-order valence-corrected chi connectivity index (χ1v) is 9.82. The lowest BCUT2D eigenvalue weighted by Gasteiger charge is -2.53. The van der Waals surface area contributed by atoms with E-state index < -0.39 is 0 Å². The van der Waals surface area contributed by atoms with Crippen molar-refractivity contribution in [1.29, 1.82) is 0 Å². The highest BCUT2D eigenvalue weighted by atomic mass is 16.6. The zero-order valence-electron chi connectivity index (χ0n) is 15.9. The maximum atomic E-state index is 6.24. The van der Waals surface area contributed by atoms with Crippen LogP contribution in [0.4, 0.5) is 0 Å². The summed E-state index contributed by atoms with van der Waals surface area (Å²) in [6.45, 7) is 20.1. The smallest absolute Gasteiger partial charge is 0.0951 e. The highest BCUT2D eigenvalue weighted by Crippen LogP contribution is 2.72. The summed E-state index contributed by atoms with van der Waals surface area (Å²) in [6, 6.07) is 0. The summed E-state index contributed by atoms with van der Waals surface area (Å²) in [5.41, 5.74) is 0.821. The van der Waals surface area contributed by atoms with E-state index >= 15 is 0 Å². The quantitative estimate of drug-likeness (QED) is 0.603. The molecule has 0 radical (unpaired) electrons. The van der Waals surface area contributed by atoms with E-state index in [0.29, 0.717) is 17.4 Å². The first-order chi connectivity index (χ1) is 10.1. The Labute approximate surface area is 137 Å². The number of hydrogen-bond acceptors (Lipinski definition) is 1. The Bertz CT molecular complexity index is 442. The van der Waals surface area contributed by atoms with Gasteiger partial charge in [-0.15, -0.1) is 0 Å². The van der Waals surface area contributed by atoms with E-state index in [2.05, 4.69) is 55.4 Å². The Morgan fingerprint density at radius 2 is 1.27 bits per heavy atom. The van der Waals surface area contributed by atoms with E-state index in [1.54, 1.807) is 0 Å². The largest absolute Gasteiger partial charge is 0.366 e. The van der Waals surface area contributed by atoms with Crippen LogP contribution in [-0.4, -0.2) is 11.7 Å². The Kier molecular flexibility index (Phi) is 3.04. The van der Waals surface area contributed by atoms with Gasteiger partial charge in [-0.05, 0) is 72.0 Å². The third-order valence-corrected chi connectivity index (χ3v) is 9.76. The summed E-state index contributed by atoms with van der Waals surface area (Å²) in [7, 11) is 0. The van der Waals surface area contributed by atoms with E-state index in [1.165, 1.54) is 6.42 Å². The standard InChI is InChI=1S/C21H36O/c1-10-11(2)17(14(5)20(7)9-16(10)20)18-12(3)13(4)19-21(8,22-19)15(18)6/h10-19H,9H2,1-8H3. The predicted molar refractivity (Wildman–Crippen MR) is 91.5 cm³/mol. The molecule has 1 heterocycles. The van der Waals surface area contributed by atoms with Gasteiger partial charge in [0, 0.05) is 0 Å². The zero-order chi connectivity index (χ0) is 16.2. The van der Waals surface area contributed by atoms with Gasteiger partial charge < -0.3 is 4.74 Å². The molecule has 0 bridgehead atoms. The lowest BCUT2D eigenvalue weighted by atomic mass is 9.51. The summed E-state index contributed by atoms with van der Waals surface area (Å²) < 4.78 is 6.24. The Morgan fingerprint density at radius 3 is 1.91 bits per heavy atom. The minimum Gasteiger partial charge on any atom is -0.366 e. The van der Waals surface area contributed by atoms with Gasteiger partial charge in [-0.25, -0.2) is 0 Å². The van der Waals surface area contributed by atoms with Crippen molar-refractivity contribution in [2.24, 2.45) is 58.7 Å². The molecule has 4 aliphatic rings. The molecule has 1 nitrogen and oxygen atoms in total. The third-order valence-electron chi connectivity index (χ3n) is 9.76. The minimum absolute atomic E-state index is 0.181. The van der Waals surface area contributed by atoms with E-state index in [9.17, 15) is 0 Å². The zero-order valence-corrected chi connectivity index (χ0v) is 15.9. The first kappa shape index (κ1) is 15.5. The molecule has 22 heavy (non-hydrogen) atoms. The van der Waals surface area contributed by atoms with Crippen molar-refractivity contribution in [3.05, 3.63) is 0 Å². The molecule has 1 heteroatoms. The molecule has 4 rings (SSSR count). The van der Waals surface area contributed by atoms with Gasteiger partial charge in [0.15, 0.2) is 0 Å². The van der Waals surface area contributed by atoms with Gasteiger partial charge >= 0.3 is 0 Å². The Morgan fingerprint density at radius 1 is 0.727 bits per heavy atom. The van der Waals surface area contributed by atoms with Crippen molar-refractivity contribution in [1.82, 2.24) is 0 Å². The van der Waals surface area contributed by atoms with Gasteiger partial charge in [0.25, 0.3) is 0 Å². The fourth-order valence-electron chi connectivity index (χ4n) is 7.40. The van der Waals surface area contributed by atoms with Crippen LogP contribution < -0.4 is 0 Å². The topological polar surface area (TPSA) is 12.5 Å². The van der Waals surface area contributed by atoms with Crippen molar-refractivity contribution in [3.63, 3.8) is 0 Å². The molecule has 0 aromatic carbocycles. The molecule has 0 amide bonds. The number of epoxide rings is 1. The number of fused-ring (bicyclic) bond motifs is 2. The van der Waals surface area contributed by atoms with Crippen LogP contribution in [0.15, 0.2) is 0 Å². The molecule has 3 saturated carbocycles. The van der Waals surface area contributed by atoms with Gasteiger partial charge in [-0.1, -0.05) is 48.5 Å². The van der Waals surface area contributed by atoms with Gasteiger partial charge in [0.05, 0.1) is 11.7 Å². The van der Waals surface area contributed by atoms with Crippen LogP contribution in [0.1, 0.15) is 61.8 Å². The van der Waals surface area contributed by atoms with Gasteiger partial charge in [0.2, 0.25) is 0 Å². The molecule has 126 valence electrons. The molecule has 12 unspecified atom stereocenters. The average molecular weight is 305 g/mol. The van der Waals surface area contributed by atoms with Crippen molar-refractivity contribution < 1.29 is 4.74 Å². The van der Waals surface area contributed by atoms with Gasteiger partial charge in [-0.3, -0.25) is 0 Å². The highest BCUT2D eigenvalue weighted by molar-refractivity contribution is 5.17. The molecule has 0 aromatic heterocycles. The third kappa shape index (κ3) is 1.65. The molecular formula is C21H36O. The van der Waals surface area contributed by atoms with Crippen molar-refractivity contribution in [2.45, 2.75) is 73.5 Å². The van der Waals surface area contributed by atoms with Crippen LogP contribution in [0.3, 0.4) is 0 Å². The van der Waals surface area contributed by atoms with Crippen LogP contribution in [0.2, 0.25) is 0 Å². The molecule has 4 fully saturated rings. The average Bonchev–Trinajstić information content (AvgIpc) is 3.35. The van der Waals surface area contributed by atoms with Crippen LogP contribution in [0.25, 0.3) is 0 Å². The molecule has 0 N–H and O–H groups in total. The number of hydrogen-bond donors (Lipinski definition) is 0. The van der Waals surface area contributed by atoms with Gasteiger partial charge in [-0.2, -0.15) is 0 Å². The molecule has 1 saturated heterocycles. The SMILES string of the molecule is CC1C(C)C2CC2(C)C(C)C1C1C(C)C(C)C2OC2(C)C1C. The Balaban J connectivity index is 1.69. The fraction of sp³-hybridized carbons (Fsp3) is 1.00. The maximum Gasteiger partial charge on any atom is 0.0951 e. The molecule has 0 spiro atoms. The van der Waals surface area contributed by atoms with E-state index in [1.807, 2.05) is 0 Å². The molecule has 0 aromatic rings. The second kappa shape index (κ2) is 4.32. The van der Waals surface area contributed by atoms with Gasteiger partial charge in [0.1, 0.15) is 0 Å².